The minimum absolute atomic E-state index is 0.0686. The van der Waals surface area contributed by atoms with E-state index >= 15 is 0 Å². The molecule has 2 heterocycles. The van der Waals surface area contributed by atoms with Gasteiger partial charge < -0.3 is 35.2 Å². The Balaban J connectivity index is 1.29. The second kappa shape index (κ2) is 17.7. The van der Waals surface area contributed by atoms with Crippen molar-refractivity contribution in [2.45, 2.75) is 108 Å². The molecule has 1 aliphatic heterocycles. The molecule has 1 aromatic heterocycles. The van der Waals surface area contributed by atoms with E-state index in [9.17, 15) is 29.1 Å². The molecule has 308 valence electrons. The van der Waals surface area contributed by atoms with Crippen LogP contribution in [-0.4, -0.2) is 87.6 Å². The second-order valence-corrected chi connectivity index (χ2v) is 17.9. The lowest BCUT2D eigenvalue weighted by Gasteiger charge is -2.43. The summed E-state index contributed by atoms with van der Waals surface area (Å²) in [5, 5.41) is 19.4. The van der Waals surface area contributed by atoms with Gasteiger partial charge in [0.05, 0.1) is 27.1 Å². The molecule has 6 rings (SSSR count). The number of aromatic nitrogens is 1. The summed E-state index contributed by atoms with van der Waals surface area (Å²) >= 11 is 0. The molecule has 6 atom stereocenters. The molecular formula is C44H54N5O8P. The van der Waals surface area contributed by atoms with Crippen molar-refractivity contribution in [3.63, 3.8) is 0 Å². The van der Waals surface area contributed by atoms with E-state index in [2.05, 4.69) is 28.3 Å². The number of aliphatic carboxylic acids is 1. The Morgan fingerprint density at radius 3 is 2.34 bits per heavy atom. The Labute approximate surface area is 341 Å². The highest BCUT2D eigenvalue weighted by atomic mass is 31.1. The molecule has 0 bridgehead atoms. The quantitative estimate of drug-likeness (QED) is 0.121. The van der Waals surface area contributed by atoms with Gasteiger partial charge in [-0.2, -0.15) is 0 Å². The van der Waals surface area contributed by atoms with Gasteiger partial charge in [0.25, 0.3) is 0 Å². The lowest BCUT2D eigenvalue weighted by atomic mass is 9.81. The molecular weight excluding hydrogens is 757 g/mol. The monoisotopic (exact) mass is 811 g/mol. The second-order valence-electron chi connectivity index (χ2n) is 16.7. The van der Waals surface area contributed by atoms with Gasteiger partial charge in [-0.3, -0.25) is 19.2 Å². The summed E-state index contributed by atoms with van der Waals surface area (Å²) < 4.78 is 12.1. The van der Waals surface area contributed by atoms with E-state index in [1.54, 1.807) is 7.11 Å². The number of ether oxygens (including phenoxy) is 1. The van der Waals surface area contributed by atoms with Crippen LogP contribution in [0.3, 0.4) is 0 Å². The molecule has 2 aliphatic carbocycles. The number of carbonyl (C=O) groups is 5. The fraction of sp³-hybridized carbons (Fsp3) is 0.477. The number of amides is 4. The first kappa shape index (κ1) is 42.4. The van der Waals surface area contributed by atoms with Gasteiger partial charge in [-0.25, -0.2) is 9.78 Å². The van der Waals surface area contributed by atoms with Crippen LogP contribution in [0.2, 0.25) is 0 Å². The summed E-state index contributed by atoms with van der Waals surface area (Å²) in [4.78, 5) is 74.2. The average Bonchev–Trinajstić information content (AvgIpc) is 3.94. The molecule has 2 saturated carbocycles. The molecule has 3 fully saturated rings. The minimum atomic E-state index is -1.62. The van der Waals surface area contributed by atoms with E-state index in [-0.39, 0.29) is 45.7 Å². The third kappa shape index (κ3) is 9.38. The van der Waals surface area contributed by atoms with Crippen LogP contribution in [0.25, 0.3) is 22.2 Å². The van der Waals surface area contributed by atoms with Crippen LogP contribution >= 0.6 is 8.81 Å². The van der Waals surface area contributed by atoms with E-state index < -0.39 is 52.8 Å². The molecule has 2 aromatic carbocycles. The number of benzene rings is 2. The number of carboxylic acid groups (broad SMARTS) is 1. The summed E-state index contributed by atoms with van der Waals surface area (Å²) in [6.07, 6.45) is 5.32. The first-order valence-electron chi connectivity index (χ1n) is 19.9. The van der Waals surface area contributed by atoms with Gasteiger partial charge in [-0.05, 0) is 49.1 Å². The van der Waals surface area contributed by atoms with E-state index in [1.807, 2.05) is 75.4 Å². The van der Waals surface area contributed by atoms with Gasteiger partial charge >= 0.3 is 5.97 Å². The van der Waals surface area contributed by atoms with Crippen molar-refractivity contribution in [3.8, 4) is 22.8 Å². The molecule has 4 amide bonds. The Morgan fingerprint density at radius 2 is 1.72 bits per heavy atom. The summed E-state index contributed by atoms with van der Waals surface area (Å²) in [5.41, 5.74) is 2.65. The Bertz CT molecular complexity index is 2110. The maximum atomic E-state index is 15.0. The zero-order valence-corrected chi connectivity index (χ0v) is 34.9. The summed E-state index contributed by atoms with van der Waals surface area (Å²) in [5.74, 6) is -1.91. The lowest BCUT2D eigenvalue weighted by Crippen LogP contribution is -2.64. The molecule has 5 unspecified atom stereocenters. The van der Waals surface area contributed by atoms with E-state index in [1.165, 1.54) is 11.8 Å². The van der Waals surface area contributed by atoms with E-state index in [0.29, 0.717) is 34.7 Å². The number of methoxy groups -OCH3 is 1. The van der Waals surface area contributed by atoms with Crippen LogP contribution < -0.4 is 25.2 Å². The number of rotatable bonds is 13. The number of carbonyl (C=O) groups excluding carboxylic acids is 4. The standard InChI is InChI=1S/C44H54N5O8P/c1-7-29-24-44(29,42(54)55)48-39(51)35-21-19-31(58-57-36-23-33(27-14-10-8-11-15-27)46-34-22-30(56-6)18-20-32(34)36)25-49(35)41(53)38(43(3,4)5)47-40(52)37(45-26(2)50)28-16-12-9-13-17-28/h8,10-11,14-15,18,20,22-23,28,31,35,37-38,58H,1,9,12-13,16-17,19,21,24-25H2,2-6H3,(H,45,50)(H,47,52)(H,48,51)(H,54,55)/t31?,35-,37?,38?,44?/m0/s1. The zero-order chi connectivity index (χ0) is 41.8. The van der Waals surface area contributed by atoms with Gasteiger partial charge in [0.2, 0.25) is 23.6 Å². The summed E-state index contributed by atoms with van der Waals surface area (Å²) in [6.45, 7) is 10.6. The summed E-state index contributed by atoms with van der Waals surface area (Å²) in [6, 6.07) is 14.3. The van der Waals surface area contributed by atoms with Crippen LogP contribution in [-0.2, 0) is 24.0 Å². The van der Waals surface area contributed by atoms with Crippen molar-refractivity contribution < 1.29 is 38.3 Å². The molecule has 14 heteroatoms. The molecule has 13 nitrogen and oxygen atoms in total. The Morgan fingerprint density at radius 1 is 1.00 bits per heavy atom. The number of pyridine rings is 1. The van der Waals surface area contributed by atoms with Gasteiger partial charge in [0.15, 0.2) is 5.54 Å². The average molecular weight is 812 g/mol. The lowest BCUT2D eigenvalue weighted by molar-refractivity contribution is -0.149. The number of nitrogens with one attached hydrogen (secondary N) is 3. The number of carboxylic acids is 1. The van der Waals surface area contributed by atoms with Gasteiger partial charge in [-0.15, -0.1) is 5.73 Å². The molecule has 3 aromatic rings. The number of hydrogen-bond acceptors (Lipinski definition) is 8. The smallest absolute Gasteiger partial charge is 0.334 e. The van der Waals surface area contributed by atoms with E-state index in [0.717, 1.165) is 43.1 Å². The van der Waals surface area contributed by atoms with Crippen LogP contribution in [0.1, 0.15) is 79.1 Å². The third-order valence-corrected chi connectivity index (χ3v) is 12.6. The normalized spacial score (nSPS) is 22.1. The van der Waals surface area contributed by atoms with Crippen LogP contribution in [0, 0.1) is 11.3 Å². The fourth-order valence-corrected chi connectivity index (χ4v) is 9.13. The molecule has 4 N–H and O–H groups in total. The highest BCUT2D eigenvalue weighted by molar-refractivity contribution is 7.33. The topological polar surface area (TPSA) is 176 Å². The third-order valence-electron chi connectivity index (χ3n) is 11.5. The van der Waals surface area contributed by atoms with Crippen LogP contribution in [0.15, 0.2) is 72.5 Å². The molecule has 3 aliphatic rings. The number of likely N-dealkylation sites (tertiary alicyclic amines) is 1. The SMILES string of the molecule is C=C=C1CC1(NC(=O)[C@@H]1CCC(POc2cc(-c3ccccc3)nc3cc(OC)ccc23)CN1C(=O)C(NC(=O)C(NC(C)=O)C1CCCCC1)C(C)(C)C)C(=O)O. The van der Waals surface area contributed by atoms with Gasteiger partial charge in [0.1, 0.15) is 29.6 Å². The maximum absolute atomic E-state index is 15.0. The van der Waals surface area contributed by atoms with Crippen molar-refractivity contribution in [3.05, 3.63) is 72.5 Å². The van der Waals surface area contributed by atoms with Crippen molar-refractivity contribution in [1.29, 1.82) is 0 Å². The molecule has 1 saturated heterocycles. The highest BCUT2D eigenvalue weighted by Crippen LogP contribution is 2.43. The van der Waals surface area contributed by atoms with Crippen molar-refractivity contribution in [2.24, 2.45) is 11.3 Å². The minimum Gasteiger partial charge on any atom is -0.497 e. The number of piperidine rings is 1. The molecule has 58 heavy (non-hydrogen) atoms. The first-order chi connectivity index (χ1) is 27.6. The first-order valence-corrected chi connectivity index (χ1v) is 20.9. The molecule has 0 radical (unpaired) electrons. The van der Waals surface area contributed by atoms with Crippen molar-refractivity contribution in [2.75, 3.05) is 13.7 Å². The zero-order valence-electron chi connectivity index (χ0n) is 33.9. The Hall–Kier alpha value is -5.25. The highest BCUT2D eigenvalue weighted by Gasteiger charge is 2.58. The van der Waals surface area contributed by atoms with Crippen LogP contribution in [0.4, 0.5) is 0 Å². The van der Waals surface area contributed by atoms with Crippen LogP contribution in [0.5, 0.6) is 11.5 Å². The van der Waals surface area contributed by atoms with Gasteiger partial charge in [-0.1, -0.05) is 76.9 Å². The predicted octanol–water partition coefficient (Wildman–Crippen LogP) is 5.91. The largest absolute Gasteiger partial charge is 0.497 e. The maximum Gasteiger partial charge on any atom is 0.334 e. The van der Waals surface area contributed by atoms with Crippen molar-refractivity contribution in [1.82, 2.24) is 25.8 Å². The molecule has 0 spiro atoms. The number of hydrogen-bond donors (Lipinski definition) is 4. The fourth-order valence-electron chi connectivity index (χ4n) is 8.11. The predicted molar refractivity (Wildman–Crippen MR) is 223 cm³/mol. The van der Waals surface area contributed by atoms with Gasteiger partial charge in [0, 0.05) is 54.2 Å². The number of nitrogens with zero attached hydrogens (tertiary/aromatic N) is 2. The van der Waals surface area contributed by atoms with Crippen molar-refractivity contribution >= 4 is 49.3 Å². The Kier molecular flexibility index (Phi) is 12.9. The number of fused-ring (bicyclic) bond motifs is 1. The van der Waals surface area contributed by atoms with E-state index in [4.69, 9.17) is 14.2 Å². The summed E-state index contributed by atoms with van der Waals surface area (Å²) in [7, 11) is 1.46.